The Bertz CT molecular complexity index is 391. The van der Waals surface area contributed by atoms with Crippen molar-refractivity contribution in [1.82, 2.24) is 5.43 Å². The SMILES string of the molecule is O=C1N(c2ccc(Cl)cc2)NCC1(O)O. The first-order chi connectivity index (χ1) is 7.00. The van der Waals surface area contributed by atoms with Crippen LogP contribution in [0.3, 0.4) is 0 Å². The average Bonchev–Trinajstić information content (AvgIpc) is 2.45. The summed E-state index contributed by atoms with van der Waals surface area (Å²) >= 11 is 5.69. The van der Waals surface area contributed by atoms with Gasteiger partial charge in [-0.25, -0.2) is 10.4 Å². The van der Waals surface area contributed by atoms with E-state index in [0.717, 1.165) is 5.01 Å². The van der Waals surface area contributed by atoms with Gasteiger partial charge in [-0.2, -0.15) is 0 Å². The number of nitrogens with zero attached hydrogens (tertiary/aromatic N) is 1. The zero-order valence-electron chi connectivity index (χ0n) is 7.64. The lowest BCUT2D eigenvalue weighted by atomic mass is 10.2. The highest BCUT2D eigenvalue weighted by Crippen LogP contribution is 2.21. The van der Waals surface area contributed by atoms with Gasteiger partial charge in [-0.15, -0.1) is 0 Å². The third-order valence-electron chi connectivity index (χ3n) is 2.11. The van der Waals surface area contributed by atoms with Crippen molar-refractivity contribution in [3.05, 3.63) is 29.3 Å². The Balaban J connectivity index is 2.27. The van der Waals surface area contributed by atoms with Gasteiger partial charge in [-0.1, -0.05) is 11.6 Å². The maximum atomic E-state index is 11.4. The van der Waals surface area contributed by atoms with Gasteiger partial charge in [-0.05, 0) is 24.3 Å². The maximum absolute atomic E-state index is 11.4. The molecule has 1 aliphatic heterocycles. The lowest BCUT2D eigenvalue weighted by molar-refractivity contribution is -0.170. The van der Waals surface area contributed by atoms with Crippen LogP contribution in [-0.4, -0.2) is 28.5 Å². The van der Waals surface area contributed by atoms with Crippen molar-refractivity contribution in [3.63, 3.8) is 0 Å². The molecule has 1 fully saturated rings. The first-order valence-electron chi connectivity index (χ1n) is 4.29. The summed E-state index contributed by atoms with van der Waals surface area (Å²) in [7, 11) is 0. The molecule has 3 N–H and O–H groups in total. The minimum atomic E-state index is -2.33. The predicted octanol–water partition coefficient (Wildman–Crippen LogP) is -0.128. The molecule has 2 rings (SSSR count). The Labute approximate surface area is 90.9 Å². The Morgan fingerprint density at radius 3 is 2.40 bits per heavy atom. The minimum Gasteiger partial charge on any atom is -0.357 e. The molecule has 0 bridgehead atoms. The van der Waals surface area contributed by atoms with Crippen LogP contribution in [0.5, 0.6) is 0 Å². The third-order valence-corrected chi connectivity index (χ3v) is 2.37. The van der Waals surface area contributed by atoms with Gasteiger partial charge in [0.05, 0.1) is 12.2 Å². The summed E-state index contributed by atoms with van der Waals surface area (Å²) in [6, 6.07) is 6.43. The molecular weight excluding hydrogens is 220 g/mol. The highest BCUT2D eigenvalue weighted by atomic mass is 35.5. The Kier molecular flexibility index (Phi) is 2.40. The summed E-state index contributed by atoms with van der Waals surface area (Å²) in [5, 5.41) is 20.1. The number of β-amino-alcohol motifs (C(OH)–C–C–N with tert-alkyl or cyclic N) is 2. The van der Waals surface area contributed by atoms with E-state index < -0.39 is 11.7 Å². The Hall–Kier alpha value is -1.14. The van der Waals surface area contributed by atoms with Gasteiger partial charge in [0.1, 0.15) is 0 Å². The molecule has 1 heterocycles. The first kappa shape index (κ1) is 10.4. The summed E-state index contributed by atoms with van der Waals surface area (Å²) in [6.45, 7) is -0.228. The van der Waals surface area contributed by atoms with Crippen molar-refractivity contribution in [2.24, 2.45) is 0 Å². The molecule has 0 spiro atoms. The quantitative estimate of drug-likeness (QED) is 0.586. The number of hydrazine groups is 1. The van der Waals surface area contributed by atoms with Crippen LogP contribution < -0.4 is 10.4 Å². The molecular formula is C9H9ClN2O3. The lowest BCUT2D eigenvalue weighted by Gasteiger charge is -2.16. The number of nitrogens with one attached hydrogen (secondary N) is 1. The van der Waals surface area contributed by atoms with Gasteiger partial charge in [0.25, 0.3) is 5.79 Å². The van der Waals surface area contributed by atoms with Crippen LogP contribution in [0.1, 0.15) is 0 Å². The second-order valence-corrected chi connectivity index (χ2v) is 3.70. The van der Waals surface area contributed by atoms with E-state index in [2.05, 4.69) is 5.43 Å². The van der Waals surface area contributed by atoms with Crippen molar-refractivity contribution >= 4 is 23.2 Å². The number of amides is 1. The van der Waals surface area contributed by atoms with E-state index in [1.165, 1.54) is 0 Å². The molecule has 1 aromatic carbocycles. The maximum Gasteiger partial charge on any atom is 0.302 e. The van der Waals surface area contributed by atoms with Crippen LogP contribution in [0.2, 0.25) is 5.02 Å². The molecule has 15 heavy (non-hydrogen) atoms. The topological polar surface area (TPSA) is 72.8 Å². The molecule has 0 aromatic heterocycles. The van der Waals surface area contributed by atoms with Gasteiger partial charge in [0.15, 0.2) is 0 Å². The fraction of sp³-hybridized carbons (Fsp3) is 0.222. The highest BCUT2D eigenvalue weighted by molar-refractivity contribution is 6.30. The highest BCUT2D eigenvalue weighted by Gasteiger charge is 2.44. The molecule has 1 amide bonds. The number of aliphatic hydroxyl groups is 2. The van der Waals surface area contributed by atoms with Gasteiger partial charge in [0.2, 0.25) is 0 Å². The summed E-state index contributed by atoms with van der Waals surface area (Å²) in [6.07, 6.45) is 0. The number of hydrogen-bond acceptors (Lipinski definition) is 4. The summed E-state index contributed by atoms with van der Waals surface area (Å²) < 4.78 is 0. The van der Waals surface area contributed by atoms with Crippen LogP contribution in [0.25, 0.3) is 0 Å². The van der Waals surface area contributed by atoms with E-state index in [9.17, 15) is 15.0 Å². The zero-order chi connectivity index (χ0) is 11.1. The van der Waals surface area contributed by atoms with E-state index in [1.54, 1.807) is 24.3 Å². The number of benzene rings is 1. The second-order valence-electron chi connectivity index (χ2n) is 3.27. The second kappa shape index (κ2) is 3.46. The van der Waals surface area contributed by atoms with E-state index in [0.29, 0.717) is 10.7 Å². The molecule has 1 saturated heterocycles. The molecule has 5 nitrogen and oxygen atoms in total. The Morgan fingerprint density at radius 1 is 1.33 bits per heavy atom. The monoisotopic (exact) mass is 228 g/mol. The number of anilines is 1. The number of hydrogen-bond donors (Lipinski definition) is 3. The van der Waals surface area contributed by atoms with Crippen molar-refractivity contribution in [2.45, 2.75) is 5.79 Å². The molecule has 80 valence electrons. The van der Waals surface area contributed by atoms with Crippen molar-refractivity contribution in [2.75, 3.05) is 11.6 Å². The fourth-order valence-corrected chi connectivity index (χ4v) is 1.44. The molecule has 1 aromatic rings. The normalized spacial score (nSPS) is 19.7. The van der Waals surface area contributed by atoms with Gasteiger partial charge < -0.3 is 10.2 Å². The molecule has 6 heteroatoms. The summed E-state index contributed by atoms with van der Waals surface area (Å²) in [4.78, 5) is 11.4. The van der Waals surface area contributed by atoms with Crippen molar-refractivity contribution in [1.29, 1.82) is 0 Å². The number of halogens is 1. The fourth-order valence-electron chi connectivity index (χ4n) is 1.31. The van der Waals surface area contributed by atoms with Crippen molar-refractivity contribution in [3.8, 4) is 0 Å². The van der Waals surface area contributed by atoms with Crippen LogP contribution in [0.15, 0.2) is 24.3 Å². The van der Waals surface area contributed by atoms with E-state index in [4.69, 9.17) is 11.6 Å². The standard InChI is InChI=1S/C9H9ClN2O3/c10-6-1-3-7(4-2-6)12-8(13)9(14,15)5-11-12/h1-4,11,14-15H,5H2. The van der Waals surface area contributed by atoms with Crippen molar-refractivity contribution < 1.29 is 15.0 Å². The number of carbonyl (C=O) groups excluding carboxylic acids is 1. The molecule has 0 aliphatic carbocycles. The molecule has 0 atom stereocenters. The largest absolute Gasteiger partial charge is 0.357 e. The molecule has 0 radical (unpaired) electrons. The molecule has 0 saturated carbocycles. The van der Waals surface area contributed by atoms with Crippen LogP contribution in [0, 0.1) is 0 Å². The van der Waals surface area contributed by atoms with Crippen LogP contribution in [-0.2, 0) is 4.79 Å². The third kappa shape index (κ3) is 1.82. The van der Waals surface area contributed by atoms with Gasteiger partial charge in [-0.3, -0.25) is 4.79 Å². The van der Waals surface area contributed by atoms with E-state index >= 15 is 0 Å². The first-order valence-corrected chi connectivity index (χ1v) is 4.67. The average molecular weight is 229 g/mol. The number of rotatable bonds is 1. The number of carbonyl (C=O) groups is 1. The summed E-state index contributed by atoms with van der Waals surface area (Å²) in [5.74, 6) is -3.13. The Morgan fingerprint density at radius 2 is 1.93 bits per heavy atom. The lowest BCUT2D eigenvalue weighted by Crippen LogP contribution is -2.41. The zero-order valence-corrected chi connectivity index (χ0v) is 8.40. The van der Waals surface area contributed by atoms with E-state index in [-0.39, 0.29) is 6.54 Å². The predicted molar refractivity (Wildman–Crippen MR) is 54.1 cm³/mol. The van der Waals surface area contributed by atoms with Gasteiger partial charge >= 0.3 is 5.91 Å². The van der Waals surface area contributed by atoms with Crippen LogP contribution in [0.4, 0.5) is 5.69 Å². The minimum absolute atomic E-state index is 0.228. The van der Waals surface area contributed by atoms with Gasteiger partial charge in [0, 0.05) is 5.02 Å². The molecule has 0 unspecified atom stereocenters. The summed E-state index contributed by atoms with van der Waals surface area (Å²) in [5.41, 5.74) is 3.08. The van der Waals surface area contributed by atoms with Crippen LogP contribution >= 0.6 is 11.6 Å². The smallest absolute Gasteiger partial charge is 0.302 e. The van der Waals surface area contributed by atoms with E-state index in [1.807, 2.05) is 0 Å². The molecule has 1 aliphatic rings.